The Morgan fingerprint density at radius 1 is 1.04 bits per heavy atom. The highest BCUT2D eigenvalue weighted by molar-refractivity contribution is 9.09. The monoisotopic (exact) mass is 433 g/mol. The van der Waals surface area contributed by atoms with Crippen LogP contribution in [0.25, 0.3) is 10.9 Å². The number of carbonyl (C=O) groups is 3. The highest BCUT2D eigenvalue weighted by Crippen LogP contribution is 2.12. The molecule has 0 aliphatic rings. The zero-order valence-electron chi connectivity index (χ0n) is 15.7. The van der Waals surface area contributed by atoms with Gasteiger partial charge in [0.15, 0.2) is 5.78 Å². The average Bonchev–Trinajstić information content (AvgIpc) is 2.65. The van der Waals surface area contributed by atoms with Crippen LogP contribution in [-0.4, -0.2) is 40.0 Å². The van der Waals surface area contributed by atoms with Gasteiger partial charge in [0.2, 0.25) is 5.91 Å². The van der Waals surface area contributed by atoms with E-state index in [9.17, 15) is 14.4 Å². The average molecular weight is 434 g/mol. The molecule has 2 rings (SSSR count). The van der Waals surface area contributed by atoms with Crippen LogP contribution >= 0.6 is 15.9 Å². The van der Waals surface area contributed by atoms with Gasteiger partial charge in [-0.25, -0.2) is 4.98 Å². The number of alkyl halides is 1. The largest absolute Gasteiger partial charge is 0.345 e. The molecule has 2 aromatic rings. The van der Waals surface area contributed by atoms with E-state index in [0.717, 1.165) is 5.39 Å². The van der Waals surface area contributed by atoms with Crippen LogP contribution in [-0.2, 0) is 9.59 Å². The van der Waals surface area contributed by atoms with Crippen LogP contribution in [0.1, 0.15) is 37.7 Å². The maximum absolute atomic E-state index is 12.6. The van der Waals surface area contributed by atoms with E-state index < -0.39 is 18.0 Å². The summed E-state index contributed by atoms with van der Waals surface area (Å²) in [5.41, 5.74) is 0.964. The minimum Gasteiger partial charge on any atom is -0.345 e. The molecule has 6 nitrogen and oxygen atoms in total. The summed E-state index contributed by atoms with van der Waals surface area (Å²) in [5.74, 6) is -0.734. The van der Waals surface area contributed by atoms with Crippen molar-refractivity contribution >= 4 is 44.4 Å². The summed E-state index contributed by atoms with van der Waals surface area (Å²) in [4.78, 5) is 41.3. The normalized spacial score (nSPS) is 13.2. The highest BCUT2D eigenvalue weighted by atomic mass is 79.9. The first-order chi connectivity index (χ1) is 12.8. The standard InChI is InChI=1S/C20H24BrN3O3/c1-12(2)10-17(20(27)22-13(3)18(25)11-21)24-19(26)16-9-8-14-6-4-5-7-15(14)23-16/h4-9,12-13,17H,10-11H2,1-3H3,(H,22,27)(H,24,26)/t13?,17-/m0/s1. The number of hydrogen-bond acceptors (Lipinski definition) is 4. The quantitative estimate of drug-likeness (QED) is 0.626. The minimum absolute atomic E-state index is 0.130. The number of halogens is 1. The van der Waals surface area contributed by atoms with E-state index in [1.165, 1.54) is 0 Å². The van der Waals surface area contributed by atoms with Crippen molar-refractivity contribution in [2.24, 2.45) is 5.92 Å². The Hall–Kier alpha value is -2.28. The first-order valence-corrected chi connectivity index (χ1v) is 9.99. The zero-order valence-corrected chi connectivity index (χ0v) is 17.2. The van der Waals surface area contributed by atoms with Crippen LogP contribution in [0.4, 0.5) is 0 Å². The molecule has 0 saturated heterocycles. The number of amides is 2. The molecule has 0 saturated carbocycles. The Morgan fingerprint density at radius 2 is 1.74 bits per heavy atom. The van der Waals surface area contributed by atoms with Crippen LogP contribution < -0.4 is 10.6 Å². The number of hydrogen-bond donors (Lipinski definition) is 2. The van der Waals surface area contributed by atoms with Crippen LogP contribution in [0, 0.1) is 5.92 Å². The molecule has 0 fully saturated rings. The second kappa shape index (κ2) is 9.60. The summed E-state index contributed by atoms with van der Waals surface area (Å²) in [7, 11) is 0. The van der Waals surface area contributed by atoms with Gasteiger partial charge in [0.05, 0.1) is 16.9 Å². The Kier molecular flexibility index (Phi) is 7.47. The number of carbonyl (C=O) groups excluding carboxylic acids is 3. The van der Waals surface area contributed by atoms with E-state index >= 15 is 0 Å². The predicted octanol–water partition coefficient (Wildman–Crippen LogP) is 2.85. The van der Waals surface area contributed by atoms with Gasteiger partial charge >= 0.3 is 0 Å². The van der Waals surface area contributed by atoms with Crippen molar-refractivity contribution in [3.63, 3.8) is 0 Å². The third-order valence-electron chi connectivity index (χ3n) is 4.13. The summed E-state index contributed by atoms with van der Waals surface area (Å²) in [6.45, 7) is 5.56. The zero-order chi connectivity index (χ0) is 20.0. The molecule has 2 atom stereocenters. The smallest absolute Gasteiger partial charge is 0.270 e. The first kappa shape index (κ1) is 21.0. The Balaban J connectivity index is 2.14. The van der Waals surface area contributed by atoms with E-state index in [2.05, 4.69) is 31.5 Å². The number of rotatable bonds is 8. The van der Waals surface area contributed by atoms with Gasteiger partial charge in [0.25, 0.3) is 5.91 Å². The van der Waals surface area contributed by atoms with Crippen molar-refractivity contribution in [2.45, 2.75) is 39.3 Å². The van der Waals surface area contributed by atoms with E-state index in [1.54, 1.807) is 13.0 Å². The van der Waals surface area contributed by atoms with Crippen LogP contribution in [0.15, 0.2) is 36.4 Å². The molecule has 0 aliphatic carbocycles. The van der Waals surface area contributed by atoms with Crippen LogP contribution in [0.5, 0.6) is 0 Å². The molecule has 2 N–H and O–H groups in total. The number of pyridine rings is 1. The number of fused-ring (bicyclic) bond motifs is 1. The van der Waals surface area contributed by atoms with Crippen molar-refractivity contribution in [3.8, 4) is 0 Å². The molecule has 1 aromatic carbocycles. The van der Waals surface area contributed by atoms with Gasteiger partial charge in [-0.2, -0.15) is 0 Å². The fraction of sp³-hybridized carbons (Fsp3) is 0.400. The van der Waals surface area contributed by atoms with Crippen LogP contribution in [0.3, 0.4) is 0 Å². The number of Topliss-reactive ketones (excluding diaryl/α,β-unsaturated/α-hetero) is 1. The molecule has 1 unspecified atom stereocenters. The second-order valence-electron chi connectivity index (χ2n) is 6.88. The summed E-state index contributed by atoms with van der Waals surface area (Å²) >= 11 is 3.09. The topological polar surface area (TPSA) is 88.2 Å². The van der Waals surface area contributed by atoms with Gasteiger partial charge in [-0.05, 0) is 31.4 Å². The van der Waals surface area contributed by atoms with E-state index in [4.69, 9.17) is 0 Å². The van der Waals surface area contributed by atoms with Gasteiger partial charge in [-0.3, -0.25) is 14.4 Å². The summed E-state index contributed by atoms with van der Waals surface area (Å²) < 4.78 is 0. The molecule has 0 spiro atoms. The molecule has 1 heterocycles. The lowest BCUT2D eigenvalue weighted by Crippen LogP contribution is -2.51. The lowest BCUT2D eigenvalue weighted by Gasteiger charge is -2.22. The molecule has 0 radical (unpaired) electrons. The number of para-hydroxylation sites is 1. The number of ketones is 1. The second-order valence-corrected chi connectivity index (χ2v) is 7.44. The van der Waals surface area contributed by atoms with Gasteiger partial charge in [0, 0.05) is 5.39 Å². The number of aromatic nitrogens is 1. The lowest BCUT2D eigenvalue weighted by molar-refractivity contribution is -0.127. The predicted molar refractivity (Wildman–Crippen MR) is 109 cm³/mol. The molecule has 0 aliphatic heterocycles. The van der Waals surface area contributed by atoms with Crippen molar-refractivity contribution in [3.05, 3.63) is 42.1 Å². The minimum atomic E-state index is -0.739. The highest BCUT2D eigenvalue weighted by Gasteiger charge is 2.25. The Bertz CT molecular complexity index is 838. The van der Waals surface area contributed by atoms with E-state index in [1.807, 2.05) is 44.2 Å². The van der Waals surface area contributed by atoms with Gasteiger partial charge in [-0.15, -0.1) is 0 Å². The van der Waals surface area contributed by atoms with Gasteiger partial charge < -0.3 is 10.6 Å². The van der Waals surface area contributed by atoms with Crippen molar-refractivity contribution in [2.75, 3.05) is 5.33 Å². The molecule has 1 aromatic heterocycles. The first-order valence-electron chi connectivity index (χ1n) is 8.87. The molecule has 2 amide bonds. The fourth-order valence-electron chi connectivity index (χ4n) is 2.64. The van der Waals surface area contributed by atoms with Crippen molar-refractivity contribution < 1.29 is 14.4 Å². The molecular formula is C20H24BrN3O3. The van der Waals surface area contributed by atoms with Gasteiger partial charge in [-0.1, -0.05) is 54.0 Å². The van der Waals surface area contributed by atoms with E-state index in [-0.39, 0.29) is 28.6 Å². The maximum Gasteiger partial charge on any atom is 0.270 e. The lowest BCUT2D eigenvalue weighted by atomic mass is 10.0. The fourth-order valence-corrected chi connectivity index (χ4v) is 3.12. The van der Waals surface area contributed by atoms with Gasteiger partial charge in [0.1, 0.15) is 11.7 Å². The SMILES string of the molecule is CC(C)C[C@H](NC(=O)c1ccc2ccccc2n1)C(=O)NC(C)C(=O)CBr. The maximum atomic E-state index is 12.6. The van der Waals surface area contributed by atoms with Crippen LogP contribution in [0.2, 0.25) is 0 Å². The molecular weight excluding hydrogens is 410 g/mol. The third kappa shape index (κ3) is 5.85. The summed E-state index contributed by atoms with van der Waals surface area (Å²) in [6, 6.07) is 9.61. The number of nitrogens with one attached hydrogen (secondary N) is 2. The molecule has 144 valence electrons. The van der Waals surface area contributed by atoms with Crippen molar-refractivity contribution in [1.29, 1.82) is 0 Å². The molecule has 0 bridgehead atoms. The molecule has 27 heavy (non-hydrogen) atoms. The Morgan fingerprint density at radius 3 is 2.41 bits per heavy atom. The van der Waals surface area contributed by atoms with E-state index in [0.29, 0.717) is 11.9 Å². The number of nitrogens with zero attached hydrogens (tertiary/aromatic N) is 1. The Labute approximate surface area is 167 Å². The number of benzene rings is 1. The summed E-state index contributed by atoms with van der Waals surface area (Å²) in [5, 5.41) is 6.52. The molecule has 7 heteroatoms. The van der Waals surface area contributed by atoms with Crippen molar-refractivity contribution in [1.82, 2.24) is 15.6 Å². The third-order valence-corrected chi connectivity index (χ3v) is 4.69. The summed E-state index contributed by atoms with van der Waals surface area (Å²) in [6.07, 6.45) is 0.459.